The van der Waals surface area contributed by atoms with Crippen LogP contribution < -0.4 is 10.1 Å². The highest BCUT2D eigenvalue weighted by Crippen LogP contribution is 2.33. The third-order valence-electron chi connectivity index (χ3n) is 2.48. The molecule has 0 aliphatic heterocycles. The maximum atomic E-state index is 5.80. The molecular weight excluding hydrogens is 372 g/mol. The van der Waals surface area contributed by atoms with Crippen molar-refractivity contribution in [2.24, 2.45) is 0 Å². The standard InChI is InChI=1S/C14H14Br2N2O/c1-2-17-10-6-7-18-11(8-10)9-19-14-12(15)4-3-5-13(14)16/h3-8H,2,9H2,1H3,(H,17,18). The van der Waals surface area contributed by atoms with Gasteiger partial charge in [0.15, 0.2) is 0 Å². The van der Waals surface area contributed by atoms with E-state index < -0.39 is 0 Å². The van der Waals surface area contributed by atoms with Gasteiger partial charge in [0.25, 0.3) is 0 Å². The van der Waals surface area contributed by atoms with E-state index in [1.807, 2.05) is 30.3 Å². The Morgan fingerprint density at radius 2 is 1.95 bits per heavy atom. The Morgan fingerprint density at radius 1 is 1.21 bits per heavy atom. The summed E-state index contributed by atoms with van der Waals surface area (Å²) in [6, 6.07) is 9.78. The van der Waals surface area contributed by atoms with Gasteiger partial charge in [0, 0.05) is 18.4 Å². The van der Waals surface area contributed by atoms with Crippen molar-refractivity contribution in [2.75, 3.05) is 11.9 Å². The average Bonchev–Trinajstić information content (AvgIpc) is 2.39. The molecular formula is C14H14Br2N2O. The molecule has 0 radical (unpaired) electrons. The van der Waals surface area contributed by atoms with Crippen LogP contribution in [0, 0.1) is 0 Å². The number of rotatable bonds is 5. The number of benzene rings is 1. The van der Waals surface area contributed by atoms with Crippen molar-refractivity contribution in [1.29, 1.82) is 0 Å². The molecule has 19 heavy (non-hydrogen) atoms. The van der Waals surface area contributed by atoms with Crippen molar-refractivity contribution in [3.8, 4) is 5.75 Å². The minimum atomic E-state index is 0.431. The highest BCUT2D eigenvalue weighted by atomic mass is 79.9. The molecule has 1 N–H and O–H groups in total. The maximum absolute atomic E-state index is 5.80. The van der Waals surface area contributed by atoms with E-state index in [2.05, 4.69) is 49.1 Å². The number of anilines is 1. The van der Waals surface area contributed by atoms with Crippen LogP contribution in [0.3, 0.4) is 0 Å². The summed E-state index contributed by atoms with van der Waals surface area (Å²) in [5.41, 5.74) is 1.95. The van der Waals surface area contributed by atoms with E-state index in [4.69, 9.17) is 4.74 Å². The first-order chi connectivity index (χ1) is 9.20. The summed E-state index contributed by atoms with van der Waals surface area (Å²) in [6.45, 7) is 3.38. The maximum Gasteiger partial charge on any atom is 0.148 e. The Kier molecular flexibility index (Phi) is 5.22. The Labute approximate surface area is 129 Å². The predicted octanol–water partition coefficient (Wildman–Crippen LogP) is 4.62. The van der Waals surface area contributed by atoms with Gasteiger partial charge in [0.2, 0.25) is 0 Å². The molecule has 0 aliphatic carbocycles. The molecule has 0 saturated carbocycles. The third kappa shape index (κ3) is 3.94. The smallest absolute Gasteiger partial charge is 0.148 e. The highest BCUT2D eigenvalue weighted by Gasteiger charge is 2.06. The summed E-state index contributed by atoms with van der Waals surface area (Å²) >= 11 is 6.94. The number of halogens is 2. The fourth-order valence-electron chi connectivity index (χ4n) is 1.64. The van der Waals surface area contributed by atoms with Crippen molar-refractivity contribution in [2.45, 2.75) is 13.5 Å². The molecule has 0 bridgehead atoms. The molecule has 1 heterocycles. The van der Waals surface area contributed by atoms with Crippen molar-refractivity contribution in [3.63, 3.8) is 0 Å². The quantitative estimate of drug-likeness (QED) is 0.815. The molecule has 2 rings (SSSR count). The molecule has 1 aromatic carbocycles. The lowest BCUT2D eigenvalue weighted by Crippen LogP contribution is -2.02. The number of para-hydroxylation sites is 1. The summed E-state index contributed by atoms with van der Waals surface area (Å²) in [5, 5.41) is 3.25. The molecule has 0 aliphatic rings. The Bertz CT molecular complexity index is 541. The van der Waals surface area contributed by atoms with Gasteiger partial charge < -0.3 is 10.1 Å². The molecule has 0 saturated heterocycles. The zero-order chi connectivity index (χ0) is 13.7. The van der Waals surface area contributed by atoms with E-state index in [9.17, 15) is 0 Å². The van der Waals surface area contributed by atoms with Gasteiger partial charge in [-0.3, -0.25) is 4.98 Å². The van der Waals surface area contributed by atoms with Crippen molar-refractivity contribution in [3.05, 3.63) is 51.2 Å². The van der Waals surface area contributed by atoms with Crippen LogP contribution in [0.25, 0.3) is 0 Å². The van der Waals surface area contributed by atoms with Crippen LogP contribution >= 0.6 is 31.9 Å². The van der Waals surface area contributed by atoms with Crippen molar-refractivity contribution < 1.29 is 4.74 Å². The van der Waals surface area contributed by atoms with Crippen LogP contribution in [0.5, 0.6) is 5.75 Å². The van der Waals surface area contributed by atoms with E-state index in [1.165, 1.54) is 0 Å². The Balaban J connectivity index is 2.08. The van der Waals surface area contributed by atoms with E-state index >= 15 is 0 Å². The van der Waals surface area contributed by atoms with Crippen molar-refractivity contribution >= 4 is 37.5 Å². The first-order valence-corrected chi connectivity index (χ1v) is 7.55. The summed E-state index contributed by atoms with van der Waals surface area (Å²) in [5.74, 6) is 0.790. The molecule has 0 atom stereocenters. The van der Waals surface area contributed by atoms with E-state index in [0.29, 0.717) is 6.61 Å². The first kappa shape index (κ1) is 14.3. The average molecular weight is 386 g/mol. The second kappa shape index (κ2) is 6.91. The molecule has 3 nitrogen and oxygen atoms in total. The van der Waals surface area contributed by atoms with Crippen LogP contribution in [0.15, 0.2) is 45.5 Å². The zero-order valence-electron chi connectivity index (χ0n) is 10.5. The van der Waals surface area contributed by atoms with Crippen LogP contribution in [0.2, 0.25) is 0 Å². The molecule has 100 valence electrons. The van der Waals surface area contributed by atoms with Gasteiger partial charge in [-0.25, -0.2) is 0 Å². The number of ether oxygens (including phenoxy) is 1. The third-order valence-corrected chi connectivity index (χ3v) is 3.73. The fraction of sp³-hybridized carbons (Fsp3) is 0.214. The molecule has 0 unspecified atom stereocenters. The van der Waals surface area contributed by atoms with Gasteiger partial charge in [-0.15, -0.1) is 0 Å². The second-order valence-electron chi connectivity index (χ2n) is 3.91. The van der Waals surface area contributed by atoms with E-state index in [-0.39, 0.29) is 0 Å². The summed E-state index contributed by atoms with van der Waals surface area (Å²) in [6.07, 6.45) is 1.78. The monoisotopic (exact) mass is 384 g/mol. The number of nitrogens with zero attached hydrogens (tertiary/aromatic N) is 1. The Morgan fingerprint density at radius 3 is 2.63 bits per heavy atom. The lowest BCUT2D eigenvalue weighted by atomic mass is 10.3. The largest absolute Gasteiger partial charge is 0.485 e. The van der Waals surface area contributed by atoms with Crippen molar-refractivity contribution in [1.82, 2.24) is 4.98 Å². The van der Waals surface area contributed by atoms with Gasteiger partial charge >= 0.3 is 0 Å². The van der Waals surface area contributed by atoms with Gasteiger partial charge in [-0.1, -0.05) is 6.07 Å². The van der Waals surface area contributed by atoms with Gasteiger partial charge in [0.1, 0.15) is 12.4 Å². The molecule has 2 aromatic rings. The van der Waals surface area contributed by atoms with E-state index in [0.717, 1.165) is 32.6 Å². The number of aromatic nitrogens is 1. The van der Waals surface area contributed by atoms with Crippen LogP contribution in [-0.4, -0.2) is 11.5 Å². The number of hydrogen-bond acceptors (Lipinski definition) is 3. The Hall–Kier alpha value is -1.07. The topological polar surface area (TPSA) is 34.2 Å². The molecule has 5 heteroatoms. The molecule has 0 spiro atoms. The molecule has 0 amide bonds. The van der Waals surface area contributed by atoms with Crippen LogP contribution in [0.1, 0.15) is 12.6 Å². The minimum absolute atomic E-state index is 0.431. The normalized spacial score (nSPS) is 10.3. The van der Waals surface area contributed by atoms with Crippen LogP contribution in [-0.2, 0) is 6.61 Å². The first-order valence-electron chi connectivity index (χ1n) is 5.96. The number of nitrogens with one attached hydrogen (secondary N) is 1. The summed E-state index contributed by atoms with van der Waals surface area (Å²) in [4.78, 5) is 4.30. The van der Waals surface area contributed by atoms with Gasteiger partial charge in [0.05, 0.1) is 14.6 Å². The van der Waals surface area contributed by atoms with Crippen LogP contribution in [0.4, 0.5) is 5.69 Å². The SMILES string of the molecule is CCNc1ccnc(COc2c(Br)cccc2Br)c1. The lowest BCUT2D eigenvalue weighted by molar-refractivity contribution is 0.297. The molecule has 0 fully saturated rings. The molecule has 1 aromatic heterocycles. The van der Waals surface area contributed by atoms with Gasteiger partial charge in [-0.05, 0) is 63.0 Å². The van der Waals surface area contributed by atoms with E-state index in [1.54, 1.807) is 6.20 Å². The number of hydrogen-bond donors (Lipinski definition) is 1. The summed E-state index contributed by atoms with van der Waals surface area (Å²) < 4.78 is 7.64. The van der Waals surface area contributed by atoms with Gasteiger partial charge in [-0.2, -0.15) is 0 Å². The minimum Gasteiger partial charge on any atom is -0.485 e. The number of pyridine rings is 1. The highest BCUT2D eigenvalue weighted by molar-refractivity contribution is 9.11. The lowest BCUT2D eigenvalue weighted by Gasteiger charge is -2.10. The second-order valence-corrected chi connectivity index (χ2v) is 5.61. The predicted molar refractivity (Wildman–Crippen MR) is 84.6 cm³/mol. The zero-order valence-corrected chi connectivity index (χ0v) is 13.7. The fourth-order valence-corrected chi connectivity index (χ4v) is 2.87. The summed E-state index contributed by atoms with van der Waals surface area (Å²) in [7, 11) is 0.